The second kappa shape index (κ2) is 22.5. The largest absolute Gasteiger partial charge is 0.310 e. The van der Waals surface area contributed by atoms with Gasteiger partial charge in [0.25, 0.3) is 0 Å². The van der Waals surface area contributed by atoms with E-state index in [-0.39, 0.29) is 5.41 Å². The SMILES string of the molecule is C(=C\c1ccc2c(-c3ccccc3)c(-c3ccccc3)c3ccc(/C=C/c4ccc(N(c5ccccc5)c5ccc6c(c5)C5c7ccccc7C57c5ccccc5C67)cc4)cc3c2c1)/c1ccc(N(c2ccccc2)c2ccc3c(c2)C(c2ccccc2)C2c4ccccc4C32)cc1. The van der Waals surface area contributed by atoms with E-state index in [2.05, 4.69) is 380 Å². The molecule has 0 saturated carbocycles. The fourth-order valence-corrected chi connectivity index (χ4v) is 18.4. The van der Waals surface area contributed by atoms with Crippen molar-refractivity contribution in [3.63, 3.8) is 0 Å². The van der Waals surface area contributed by atoms with Gasteiger partial charge in [0.05, 0.1) is 0 Å². The Kier molecular flexibility index (Phi) is 12.9. The number of benzene rings is 15. The first-order valence-electron chi connectivity index (χ1n) is 34.6. The van der Waals surface area contributed by atoms with Crippen LogP contribution in [0.5, 0.6) is 0 Å². The minimum absolute atomic E-state index is 0.0326. The number of fused-ring (bicyclic) bond motifs is 16. The predicted molar refractivity (Wildman–Crippen MR) is 409 cm³/mol. The molecule has 0 N–H and O–H groups in total. The van der Waals surface area contributed by atoms with Crippen LogP contribution in [0.1, 0.15) is 113 Å². The van der Waals surface area contributed by atoms with Crippen LogP contribution in [0, 0.1) is 0 Å². The topological polar surface area (TPSA) is 6.48 Å². The lowest BCUT2D eigenvalue weighted by atomic mass is 9.43. The number of nitrogens with zero attached hydrogens (tertiary/aromatic N) is 2. The third-order valence-electron chi connectivity index (χ3n) is 22.4. The molecule has 0 bridgehead atoms. The van der Waals surface area contributed by atoms with Crippen LogP contribution >= 0.6 is 0 Å². The average Bonchev–Trinajstić information content (AvgIpc) is 1.43. The Balaban J connectivity index is 0.634. The maximum Gasteiger partial charge on any atom is 0.0464 e. The zero-order valence-corrected chi connectivity index (χ0v) is 54.0. The lowest BCUT2D eigenvalue weighted by molar-refractivity contribution is 0.333. The van der Waals surface area contributed by atoms with Crippen LogP contribution in [0.4, 0.5) is 34.1 Å². The van der Waals surface area contributed by atoms with Crippen molar-refractivity contribution in [2.75, 3.05) is 9.80 Å². The van der Waals surface area contributed by atoms with Crippen LogP contribution in [0.3, 0.4) is 0 Å². The Labute approximate surface area is 572 Å². The van der Waals surface area contributed by atoms with Gasteiger partial charge in [-0.3, -0.25) is 0 Å². The maximum atomic E-state index is 2.50. The third kappa shape index (κ3) is 8.60. The molecule has 98 heavy (non-hydrogen) atoms. The minimum Gasteiger partial charge on any atom is -0.310 e. The van der Waals surface area contributed by atoms with Crippen molar-refractivity contribution in [3.05, 3.63) is 429 Å². The summed E-state index contributed by atoms with van der Waals surface area (Å²) in [6, 6.07) is 129. The predicted octanol–water partition coefficient (Wildman–Crippen LogP) is 24.9. The van der Waals surface area contributed by atoms with Crippen LogP contribution in [0.15, 0.2) is 346 Å². The lowest BCUT2D eigenvalue weighted by Crippen LogP contribution is -2.52. The minimum atomic E-state index is 0.0326. The molecule has 0 aromatic heterocycles. The first-order chi connectivity index (χ1) is 48.6. The highest BCUT2D eigenvalue weighted by Crippen LogP contribution is 2.77. The van der Waals surface area contributed by atoms with Crippen LogP contribution < -0.4 is 9.80 Å². The number of hydrogen-bond donors (Lipinski definition) is 0. The van der Waals surface area contributed by atoms with E-state index >= 15 is 0 Å². The summed E-state index contributed by atoms with van der Waals surface area (Å²) in [4.78, 5) is 4.85. The molecular formula is C96H66N2. The average molecular weight is 1250 g/mol. The van der Waals surface area contributed by atoms with Crippen molar-refractivity contribution in [2.45, 2.75) is 35.0 Å². The van der Waals surface area contributed by atoms with E-state index in [0.29, 0.717) is 29.6 Å². The van der Waals surface area contributed by atoms with Gasteiger partial charge in [-0.1, -0.05) is 285 Å². The summed E-state index contributed by atoms with van der Waals surface area (Å²) >= 11 is 0. The van der Waals surface area contributed by atoms with Gasteiger partial charge in [-0.05, 0) is 212 Å². The second-order valence-electron chi connectivity index (χ2n) is 27.3. The van der Waals surface area contributed by atoms with Crippen molar-refractivity contribution >= 4 is 80.0 Å². The molecule has 20 rings (SSSR count). The molecule has 15 aromatic rings. The first-order valence-corrected chi connectivity index (χ1v) is 34.6. The lowest BCUT2D eigenvalue weighted by Gasteiger charge is -2.58. The van der Waals surface area contributed by atoms with Crippen LogP contribution in [0.2, 0.25) is 0 Å². The number of rotatable bonds is 13. The van der Waals surface area contributed by atoms with Gasteiger partial charge in [-0.15, -0.1) is 0 Å². The molecule has 15 aromatic carbocycles. The summed E-state index contributed by atoms with van der Waals surface area (Å²) < 4.78 is 0. The van der Waals surface area contributed by atoms with Gasteiger partial charge in [0, 0.05) is 69.1 Å². The number of para-hydroxylation sites is 2. The highest BCUT2D eigenvalue weighted by atomic mass is 15.1. The zero-order chi connectivity index (χ0) is 64.4. The Morgan fingerprint density at radius 1 is 0.235 bits per heavy atom. The molecule has 1 spiro atoms. The summed E-state index contributed by atoms with van der Waals surface area (Å²) in [6.45, 7) is 0. The summed E-state index contributed by atoms with van der Waals surface area (Å²) in [6.07, 6.45) is 9.09. The third-order valence-corrected chi connectivity index (χ3v) is 22.4. The van der Waals surface area contributed by atoms with Gasteiger partial charge in [-0.2, -0.15) is 0 Å². The molecule has 2 nitrogen and oxygen atoms in total. The Hall–Kier alpha value is -12.1. The molecule has 5 aliphatic rings. The highest BCUT2D eigenvalue weighted by molar-refractivity contribution is 6.22. The molecule has 460 valence electrons. The van der Waals surface area contributed by atoms with Crippen molar-refractivity contribution < 1.29 is 0 Å². The standard InChI is InChI=1S/C96H66N2/c1-6-22-66(23-7-1)89-77-54-46-64(40-38-62-42-48-71(49-43-62)97(69-28-12-4-13-29-69)73-52-56-79-85(60-73)91(68-26-10-3-11-27-68)93-76-33-17-16-32-75(76)92(79)93)58-83(77)84-59-65(47-55-78(84)90(89)67-24-8-2-9-25-67)41-39-63-44-50-72(51-45-63)98(70-30-14-5-15-31-70)74-53-57-80-86(61-74)95-82-35-19-21-37-88(82)96(95)87-36-20-18-34-81(87)94(80)96/h1-61,91-95H/b40-38+,41-39+. The van der Waals surface area contributed by atoms with Crippen molar-refractivity contribution in [1.82, 2.24) is 0 Å². The quantitative estimate of drug-likeness (QED) is 0.0839. The van der Waals surface area contributed by atoms with Gasteiger partial charge in [0.15, 0.2) is 0 Å². The van der Waals surface area contributed by atoms with E-state index in [1.165, 1.54) is 116 Å². The number of anilines is 6. The van der Waals surface area contributed by atoms with Crippen molar-refractivity contribution in [3.8, 4) is 22.3 Å². The van der Waals surface area contributed by atoms with E-state index in [0.717, 1.165) is 45.0 Å². The highest BCUT2D eigenvalue weighted by Gasteiger charge is 2.69. The van der Waals surface area contributed by atoms with Gasteiger partial charge < -0.3 is 9.80 Å². The van der Waals surface area contributed by atoms with Gasteiger partial charge in [0.2, 0.25) is 0 Å². The Morgan fingerprint density at radius 2 is 0.602 bits per heavy atom. The fraction of sp³-hybridized carbons (Fsp3) is 0.0625. The smallest absolute Gasteiger partial charge is 0.0464 e. The van der Waals surface area contributed by atoms with Crippen molar-refractivity contribution in [2.24, 2.45) is 0 Å². The molecule has 0 radical (unpaired) electrons. The molecule has 0 fully saturated rings. The van der Waals surface area contributed by atoms with Crippen LogP contribution in [0.25, 0.3) is 68.1 Å². The molecule has 5 aliphatic carbocycles. The van der Waals surface area contributed by atoms with E-state index < -0.39 is 0 Å². The molecule has 2 heteroatoms. The second-order valence-corrected chi connectivity index (χ2v) is 27.3. The van der Waals surface area contributed by atoms with E-state index in [1.54, 1.807) is 0 Å². The van der Waals surface area contributed by atoms with Gasteiger partial charge >= 0.3 is 0 Å². The first kappa shape index (κ1) is 56.3. The molecule has 0 heterocycles. The Bertz CT molecular complexity index is 5490. The summed E-state index contributed by atoms with van der Waals surface area (Å²) in [5, 5.41) is 4.89. The summed E-state index contributed by atoms with van der Waals surface area (Å²) in [5.74, 6) is 1.89. The molecule has 6 atom stereocenters. The Morgan fingerprint density at radius 3 is 1.11 bits per heavy atom. The molecule has 0 saturated heterocycles. The molecule has 6 unspecified atom stereocenters. The van der Waals surface area contributed by atoms with E-state index in [9.17, 15) is 0 Å². The molecular weight excluding hydrogens is 1180 g/mol. The monoisotopic (exact) mass is 1250 g/mol. The zero-order valence-electron chi connectivity index (χ0n) is 54.0. The maximum absolute atomic E-state index is 2.50. The summed E-state index contributed by atoms with van der Waals surface area (Å²) in [7, 11) is 0. The fourth-order valence-electron chi connectivity index (χ4n) is 18.4. The van der Waals surface area contributed by atoms with Gasteiger partial charge in [0.1, 0.15) is 0 Å². The van der Waals surface area contributed by atoms with E-state index in [4.69, 9.17) is 0 Å². The van der Waals surface area contributed by atoms with Crippen LogP contribution in [-0.4, -0.2) is 0 Å². The van der Waals surface area contributed by atoms with Crippen LogP contribution in [-0.2, 0) is 5.41 Å². The molecule has 0 aliphatic heterocycles. The molecule has 0 amide bonds. The van der Waals surface area contributed by atoms with Gasteiger partial charge in [-0.25, -0.2) is 0 Å². The van der Waals surface area contributed by atoms with Crippen molar-refractivity contribution in [1.29, 1.82) is 0 Å². The number of hydrogen-bond acceptors (Lipinski definition) is 2. The summed E-state index contributed by atoms with van der Waals surface area (Å²) in [5.41, 5.74) is 32.5. The van der Waals surface area contributed by atoms with E-state index in [1.807, 2.05) is 0 Å². The normalized spacial score (nSPS) is 18.5.